The van der Waals surface area contributed by atoms with Gasteiger partial charge in [-0.1, -0.05) is 18.2 Å². The van der Waals surface area contributed by atoms with Gasteiger partial charge in [-0.05, 0) is 18.1 Å². The van der Waals surface area contributed by atoms with E-state index in [0.29, 0.717) is 13.2 Å². The molecule has 0 bridgehead atoms. The van der Waals surface area contributed by atoms with E-state index in [1.54, 1.807) is 7.11 Å². The number of rotatable bonds is 5. The minimum absolute atomic E-state index is 0.125. The van der Waals surface area contributed by atoms with Gasteiger partial charge in [0.2, 0.25) is 0 Å². The monoisotopic (exact) mass is 249 g/mol. The summed E-state index contributed by atoms with van der Waals surface area (Å²) in [6.07, 6.45) is 1.54. The minimum atomic E-state index is -0.134. The molecular formula is C14H19NO3. The van der Waals surface area contributed by atoms with Crippen molar-refractivity contribution in [2.24, 2.45) is 0 Å². The van der Waals surface area contributed by atoms with Crippen LogP contribution in [-0.2, 0) is 14.3 Å². The third-order valence-electron chi connectivity index (χ3n) is 3.11. The van der Waals surface area contributed by atoms with Gasteiger partial charge in [0.05, 0.1) is 12.5 Å². The zero-order valence-electron chi connectivity index (χ0n) is 10.6. The molecule has 1 aliphatic rings. The molecule has 18 heavy (non-hydrogen) atoms. The van der Waals surface area contributed by atoms with Crippen LogP contribution in [0.5, 0.6) is 0 Å². The topological polar surface area (TPSA) is 47.6 Å². The summed E-state index contributed by atoms with van der Waals surface area (Å²) in [7, 11) is 1.64. The van der Waals surface area contributed by atoms with Gasteiger partial charge >= 0.3 is 5.97 Å². The quantitative estimate of drug-likeness (QED) is 0.641. The third-order valence-corrected chi connectivity index (χ3v) is 3.11. The number of hydrogen-bond acceptors (Lipinski definition) is 4. The van der Waals surface area contributed by atoms with E-state index < -0.39 is 0 Å². The first kappa shape index (κ1) is 12.9. The molecule has 1 aromatic rings. The molecule has 1 heterocycles. The van der Waals surface area contributed by atoms with Crippen LogP contribution in [0.3, 0.4) is 0 Å². The Hall–Kier alpha value is -1.55. The summed E-state index contributed by atoms with van der Waals surface area (Å²) < 4.78 is 10.2. The second-order valence-electron chi connectivity index (χ2n) is 4.37. The molecule has 1 atom stereocenters. The van der Waals surface area contributed by atoms with Crippen LogP contribution in [0.25, 0.3) is 0 Å². The molecule has 0 aromatic heterocycles. The Morgan fingerprint density at radius 2 is 2.22 bits per heavy atom. The number of carbonyl (C=O) groups excluding carboxylic acids is 1. The zero-order chi connectivity index (χ0) is 12.8. The number of esters is 1. The van der Waals surface area contributed by atoms with Gasteiger partial charge in [-0.3, -0.25) is 4.79 Å². The Bertz CT molecular complexity index is 406. The average Bonchev–Trinajstić information content (AvgIpc) is 2.43. The predicted molar refractivity (Wildman–Crippen MR) is 69.7 cm³/mol. The normalized spacial score (nSPS) is 17.7. The summed E-state index contributed by atoms with van der Waals surface area (Å²) in [4.78, 5) is 12.0. The fourth-order valence-electron chi connectivity index (χ4n) is 2.19. The summed E-state index contributed by atoms with van der Waals surface area (Å²) in [5.41, 5.74) is 2.09. The van der Waals surface area contributed by atoms with E-state index in [-0.39, 0.29) is 11.9 Å². The molecule has 0 saturated carbocycles. The zero-order valence-corrected chi connectivity index (χ0v) is 10.6. The Labute approximate surface area is 107 Å². The number of para-hydroxylation sites is 1. The van der Waals surface area contributed by atoms with Crippen LogP contribution in [0.1, 0.15) is 24.3 Å². The van der Waals surface area contributed by atoms with Gasteiger partial charge in [-0.2, -0.15) is 0 Å². The van der Waals surface area contributed by atoms with Crippen molar-refractivity contribution in [1.82, 2.24) is 0 Å². The lowest BCUT2D eigenvalue weighted by Crippen LogP contribution is -2.25. The molecule has 1 aliphatic heterocycles. The largest absolute Gasteiger partial charge is 0.465 e. The van der Waals surface area contributed by atoms with Gasteiger partial charge in [0.15, 0.2) is 0 Å². The summed E-state index contributed by atoms with van der Waals surface area (Å²) in [6.45, 7) is 1.86. The van der Waals surface area contributed by atoms with Crippen molar-refractivity contribution in [2.75, 3.05) is 32.2 Å². The number of methoxy groups -OCH3 is 1. The second kappa shape index (κ2) is 6.40. The number of carbonyl (C=O) groups is 1. The first-order chi connectivity index (χ1) is 8.83. The van der Waals surface area contributed by atoms with Gasteiger partial charge in [0, 0.05) is 32.4 Å². The highest BCUT2D eigenvalue weighted by Gasteiger charge is 2.27. The maximum atomic E-state index is 12.0. The summed E-state index contributed by atoms with van der Waals surface area (Å²) in [6, 6.07) is 7.91. The highest BCUT2D eigenvalue weighted by Crippen LogP contribution is 2.32. The van der Waals surface area contributed by atoms with Gasteiger partial charge < -0.3 is 14.8 Å². The molecule has 98 valence electrons. The van der Waals surface area contributed by atoms with E-state index in [2.05, 4.69) is 5.32 Å². The molecule has 0 fully saturated rings. The molecule has 1 unspecified atom stereocenters. The van der Waals surface area contributed by atoms with Crippen molar-refractivity contribution in [2.45, 2.75) is 18.8 Å². The Kier molecular flexibility index (Phi) is 4.59. The molecule has 0 saturated heterocycles. The van der Waals surface area contributed by atoms with Crippen molar-refractivity contribution >= 4 is 11.7 Å². The molecule has 4 nitrogen and oxygen atoms in total. The van der Waals surface area contributed by atoms with Crippen molar-refractivity contribution < 1.29 is 14.3 Å². The molecule has 1 N–H and O–H groups in total. The van der Waals surface area contributed by atoms with Crippen LogP contribution in [0.15, 0.2) is 24.3 Å². The van der Waals surface area contributed by atoms with Crippen LogP contribution in [-0.4, -0.2) is 32.8 Å². The molecule has 2 rings (SSSR count). The van der Waals surface area contributed by atoms with E-state index in [9.17, 15) is 4.79 Å². The van der Waals surface area contributed by atoms with E-state index in [1.807, 2.05) is 24.3 Å². The number of anilines is 1. The molecular weight excluding hydrogens is 230 g/mol. The number of benzene rings is 1. The molecule has 4 heteroatoms. The average molecular weight is 249 g/mol. The first-order valence-electron chi connectivity index (χ1n) is 6.31. The number of hydrogen-bond donors (Lipinski definition) is 1. The van der Waals surface area contributed by atoms with Gasteiger partial charge in [0.1, 0.15) is 0 Å². The van der Waals surface area contributed by atoms with Crippen molar-refractivity contribution in [3.8, 4) is 0 Å². The smallest absolute Gasteiger partial charge is 0.313 e. The summed E-state index contributed by atoms with van der Waals surface area (Å²) >= 11 is 0. The maximum absolute atomic E-state index is 12.0. The van der Waals surface area contributed by atoms with Crippen molar-refractivity contribution in [3.05, 3.63) is 29.8 Å². The van der Waals surface area contributed by atoms with Gasteiger partial charge in [0.25, 0.3) is 0 Å². The number of nitrogens with one attached hydrogen (secondary N) is 1. The molecule has 0 aliphatic carbocycles. The maximum Gasteiger partial charge on any atom is 0.313 e. The van der Waals surface area contributed by atoms with Crippen molar-refractivity contribution in [3.63, 3.8) is 0 Å². The van der Waals surface area contributed by atoms with Crippen LogP contribution in [0.4, 0.5) is 5.69 Å². The Morgan fingerprint density at radius 1 is 1.39 bits per heavy atom. The summed E-state index contributed by atoms with van der Waals surface area (Å²) in [5, 5.41) is 3.30. The lowest BCUT2D eigenvalue weighted by atomic mass is 9.91. The molecule has 1 aromatic carbocycles. The van der Waals surface area contributed by atoms with E-state index in [0.717, 1.165) is 30.6 Å². The number of ether oxygens (including phenoxy) is 2. The molecule has 0 spiro atoms. The highest BCUT2D eigenvalue weighted by atomic mass is 16.5. The third kappa shape index (κ3) is 3.01. The van der Waals surface area contributed by atoms with E-state index in [1.165, 1.54) is 0 Å². The summed E-state index contributed by atoms with van der Waals surface area (Å²) in [5.74, 6) is -0.259. The van der Waals surface area contributed by atoms with Crippen LogP contribution in [0.2, 0.25) is 0 Å². The minimum Gasteiger partial charge on any atom is -0.465 e. The predicted octanol–water partition coefficient (Wildman–Crippen LogP) is 2.17. The van der Waals surface area contributed by atoms with Crippen LogP contribution >= 0.6 is 0 Å². The Morgan fingerprint density at radius 3 is 3.06 bits per heavy atom. The van der Waals surface area contributed by atoms with Crippen LogP contribution < -0.4 is 5.32 Å². The highest BCUT2D eigenvalue weighted by molar-refractivity contribution is 5.81. The lowest BCUT2D eigenvalue weighted by molar-refractivity contribution is -0.146. The standard InChI is InChI=1S/C14H19NO3/c1-17-9-4-10-18-14(16)12-7-8-15-13-6-3-2-5-11(12)13/h2-3,5-6,12,15H,4,7-10H2,1H3. The molecule has 0 amide bonds. The number of fused-ring (bicyclic) bond motifs is 1. The fourth-order valence-corrected chi connectivity index (χ4v) is 2.19. The molecule has 0 radical (unpaired) electrons. The SMILES string of the molecule is COCCCOC(=O)C1CCNc2ccccc21. The first-order valence-corrected chi connectivity index (χ1v) is 6.31. The fraction of sp³-hybridized carbons (Fsp3) is 0.500. The van der Waals surface area contributed by atoms with Crippen molar-refractivity contribution in [1.29, 1.82) is 0 Å². The van der Waals surface area contributed by atoms with Crippen LogP contribution in [0, 0.1) is 0 Å². The Balaban J connectivity index is 1.95. The van der Waals surface area contributed by atoms with Gasteiger partial charge in [-0.25, -0.2) is 0 Å². The van der Waals surface area contributed by atoms with E-state index in [4.69, 9.17) is 9.47 Å². The lowest BCUT2D eigenvalue weighted by Gasteiger charge is -2.25. The van der Waals surface area contributed by atoms with Gasteiger partial charge in [-0.15, -0.1) is 0 Å². The van der Waals surface area contributed by atoms with E-state index >= 15 is 0 Å². The second-order valence-corrected chi connectivity index (χ2v) is 4.37.